The first-order valence-electron chi connectivity index (χ1n) is 7.89. The van der Waals surface area contributed by atoms with Gasteiger partial charge in [-0.15, -0.1) is 0 Å². The Bertz CT molecular complexity index is 793. The van der Waals surface area contributed by atoms with Gasteiger partial charge < -0.3 is 9.64 Å². The number of fused-ring (bicyclic) bond motifs is 1. The molecule has 0 spiro atoms. The molecule has 0 saturated carbocycles. The van der Waals surface area contributed by atoms with Crippen LogP contribution < -0.4 is 4.74 Å². The second-order valence-electron chi connectivity index (χ2n) is 6.12. The van der Waals surface area contributed by atoms with Gasteiger partial charge in [-0.1, -0.05) is 30.3 Å². The molecule has 0 saturated heterocycles. The smallest absolute Gasteiger partial charge is 0.180 e. The molecule has 3 aromatic rings. The van der Waals surface area contributed by atoms with Crippen molar-refractivity contribution in [1.29, 1.82) is 0 Å². The Morgan fingerprint density at radius 2 is 1.87 bits per heavy atom. The van der Waals surface area contributed by atoms with Crippen molar-refractivity contribution >= 4 is 5.65 Å². The van der Waals surface area contributed by atoms with Crippen molar-refractivity contribution in [2.24, 2.45) is 0 Å². The second-order valence-corrected chi connectivity index (χ2v) is 6.12. The topological polar surface area (TPSA) is 29.8 Å². The lowest BCUT2D eigenvalue weighted by atomic mass is 10.1. The number of hydrogen-bond acceptors (Lipinski definition) is 3. The fourth-order valence-electron chi connectivity index (χ4n) is 2.77. The summed E-state index contributed by atoms with van der Waals surface area (Å²) in [7, 11) is 4.13. The minimum Gasteiger partial charge on any atom is -0.482 e. The lowest BCUT2D eigenvalue weighted by Crippen LogP contribution is -2.13. The van der Waals surface area contributed by atoms with Gasteiger partial charge in [-0.05, 0) is 45.6 Å². The molecule has 0 aliphatic rings. The van der Waals surface area contributed by atoms with Gasteiger partial charge in [-0.3, -0.25) is 4.40 Å². The van der Waals surface area contributed by atoms with Gasteiger partial charge in [0.2, 0.25) is 0 Å². The van der Waals surface area contributed by atoms with E-state index in [1.807, 2.05) is 36.5 Å². The summed E-state index contributed by atoms with van der Waals surface area (Å²) in [5, 5.41) is 0. The first-order valence-corrected chi connectivity index (χ1v) is 7.89. The van der Waals surface area contributed by atoms with E-state index in [1.165, 1.54) is 5.69 Å². The van der Waals surface area contributed by atoms with Crippen LogP contribution in [0.1, 0.15) is 30.0 Å². The number of aryl methyl sites for hydroxylation is 1. The third-order valence-corrected chi connectivity index (χ3v) is 3.95. The van der Waals surface area contributed by atoms with Crippen molar-refractivity contribution in [3.63, 3.8) is 0 Å². The third kappa shape index (κ3) is 3.22. The number of imidazole rings is 1. The van der Waals surface area contributed by atoms with Gasteiger partial charge >= 0.3 is 0 Å². The van der Waals surface area contributed by atoms with E-state index in [2.05, 4.69) is 49.4 Å². The minimum absolute atomic E-state index is 0.0169. The van der Waals surface area contributed by atoms with Gasteiger partial charge in [0.25, 0.3) is 0 Å². The summed E-state index contributed by atoms with van der Waals surface area (Å²) in [6, 6.07) is 14.2. The highest BCUT2D eigenvalue weighted by Crippen LogP contribution is 2.27. The molecule has 0 radical (unpaired) electrons. The predicted molar refractivity (Wildman–Crippen MR) is 92.8 cm³/mol. The fraction of sp³-hybridized carbons (Fsp3) is 0.316. The molecule has 4 nitrogen and oxygen atoms in total. The van der Waals surface area contributed by atoms with Crippen LogP contribution in [0.15, 0.2) is 48.7 Å². The number of benzene rings is 1. The molecule has 120 valence electrons. The van der Waals surface area contributed by atoms with Crippen LogP contribution in [0.25, 0.3) is 5.65 Å². The van der Waals surface area contributed by atoms with Gasteiger partial charge in [-0.25, -0.2) is 4.98 Å². The molecule has 0 fully saturated rings. The summed E-state index contributed by atoms with van der Waals surface area (Å²) in [5.41, 5.74) is 4.28. The number of ether oxygens (including phenoxy) is 1. The maximum absolute atomic E-state index is 6.19. The highest BCUT2D eigenvalue weighted by atomic mass is 16.5. The zero-order valence-electron chi connectivity index (χ0n) is 14.2. The van der Waals surface area contributed by atoms with Crippen molar-refractivity contribution in [2.75, 3.05) is 14.1 Å². The molecule has 0 bridgehead atoms. The molecule has 23 heavy (non-hydrogen) atoms. The van der Waals surface area contributed by atoms with E-state index in [0.717, 1.165) is 29.2 Å². The normalized spacial score (nSPS) is 12.7. The molecule has 2 aromatic heterocycles. The summed E-state index contributed by atoms with van der Waals surface area (Å²) >= 11 is 0. The monoisotopic (exact) mass is 309 g/mol. The zero-order valence-corrected chi connectivity index (χ0v) is 14.2. The van der Waals surface area contributed by atoms with Crippen molar-refractivity contribution in [3.05, 3.63) is 65.6 Å². The summed E-state index contributed by atoms with van der Waals surface area (Å²) < 4.78 is 8.32. The van der Waals surface area contributed by atoms with Crippen LogP contribution in [0, 0.1) is 6.92 Å². The molecule has 1 atom stereocenters. The van der Waals surface area contributed by atoms with Crippen molar-refractivity contribution < 1.29 is 4.74 Å². The lowest BCUT2D eigenvalue weighted by Gasteiger charge is -2.16. The Kier molecular flexibility index (Phi) is 4.35. The standard InChI is InChI=1S/C19H23N3O/c1-14-17(13-21(3)4)22-12-8-11-18(19(22)20-14)23-15(2)16-9-6-5-7-10-16/h5-12,15H,13H2,1-4H3. The van der Waals surface area contributed by atoms with E-state index in [1.54, 1.807) is 0 Å². The Labute approximate surface area is 137 Å². The highest BCUT2D eigenvalue weighted by molar-refractivity contribution is 5.56. The van der Waals surface area contributed by atoms with E-state index in [4.69, 9.17) is 9.72 Å². The van der Waals surface area contributed by atoms with E-state index >= 15 is 0 Å². The van der Waals surface area contributed by atoms with Crippen LogP contribution in [-0.2, 0) is 6.54 Å². The average molecular weight is 309 g/mol. The summed E-state index contributed by atoms with van der Waals surface area (Å²) in [6.45, 7) is 4.97. The highest BCUT2D eigenvalue weighted by Gasteiger charge is 2.15. The lowest BCUT2D eigenvalue weighted by molar-refractivity contribution is 0.228. The SMILES string of the molecule is Cc1nc2c(OC(C)c3ccccc3)cccn2c1CN(C)C. The molecule has 0 aliphatic carbocycles. The zero-order chi connectivity index (χ0) is 16.4. The second kappa shape index (κ2) is 6.42. The number of rotatable bonds is 5. The number of hydrogen-bond donors (Lipinski definition) is 0. The van der Waals surface area contributed by atoms with Crippen molar-refractivity contribution in [3.8, 4) is 5.75 Å². The van der Waals surface area contributed by atoms with E-state index in [9.17, 15) is 0 Å². The molecule has 3 rings (SSSR count). The average Bonchev–Trinajstić information content (AvgIpc) is 2.85. The van der Waals surface area contributed by atoms with Gasteiger partial charge in [0.05, 0.1) is 11.4 Å². The van der Waals surface area contributed by atoms with Crippen molar-refractivity contribution in [1.82, 2.24) is 14.3 Å². The molecule has 2 heterocycles. The molecule has 4 heteroatoms. The van der Waals surface area contributed by atoms with Crippen molar-refractivity contribution in [2.45, 2.75) is 26.5 Å². The molecule has 0 N–H and O–H groups in total. The fourth-order valence-corrected chi connectivity index (χ4v) is 2.77. The van der Waals surface area contributed by atoms with E-state index in [-0.39, 0.29) is 6.10 Å². The molecule has 0 amide bonds. The number of nitrogens with zero attached hydrogens (tertiary/aromatic N) is 3. The molecular formula is C19H23N3O. The quantitative estimate of drug-likeness (QED) is 0.717. The minimum atomic E-state index is -0.0169. The predicted octanol–water partition coefficient (Wildman–Crippen LogP) is 3.84. The maximum Gasteiger partial charge on any atom is 0.180 e. The Balaban J connectivity index is 1.96. The van der Waals surface area contributed by atoms with Gasteiger partial charge in [0, 0.05) is 12.7 Å². The van der Waals surface area contributed by atoms with E-state index < -0.39 is 0 Å². The van der Waals surface area contributed by atoms with Crippen LogP contribution >= 0.6 is 0 Å². The Morgan fingerprint density at radius 3 is 2.57 bits per heavy atom. The molecule has 0 aliphatic heterocycles. The van der Waals surface area contributed by atoms with Crippen LogP contribution in [0.5, 0.6) is 5.75 Å². The number of pyridine rings is 1. The Hall–Kier alpha value is -2.33. The summed E-state index contributed by atoms with van der Waals surface area (Å²) in [4.78, 5) is 6.87. The van der Waals surface area contributed by atoms with Gasteiger partial charge in [0.1, 0.15) is 6.10 Å². The van der Waals surface area contributed by atoms with Crippen LogP contribution in [0.4, 0.5) is 0 Å². The van der Waals surface area contributed by atoms with Crippen LogP contribution in [0.2, 0.25) is 0 Å². The molecule has 1 unspecified atom stereocenters. The molecule has 1 aromatic carbocycles. The maximum atomic E-state index is 6.19. The first kappa shape index (κ1) is 15.6. The largest absolute Gasteiger partial charge is 0.482 e. The molecular weight excluding hydrogens is 286 g/mol. The van der Waals surface area contributed by atoms with E-state index in [0.29, 0.717) is 0 Å². The van der Waals surface area contributed by atoms with Crippen LogP contribution in [-0.4, -0.2) is 28.4 Å². The third-order valence-electron chi connectivity index (χ3n) is 3.95. The van der Waals surface area contributed by atoms with Gasteiger partial charge in [0.15, 0.2) is 11.4 Å². The summed E-state index contributed by atoms with van der Waals surface area (Å²) in [6.07, 6.45) is 2.03. The van der Waals surface area contributed by atoms with Gasteiger partial charge in [-0.2, -0.15) is 0 Å². The van der Waals surface area contributed by atoms with Crippen LogP contribution in [0.3, 0.4) is 0 Å². The first-order chi connectivity index (χ1) is 11.1. The Morgan fingerprint density at radius 1 is 1.13 bits per heavy atom. The number of aromatic nitrogens is 2. The summed E-state index contributed by atoms with van der Waals surface area (Å²) in [5.74, 6) is 0.817.